The van der Waals surface area contributed by atoms with Crippen LogP contribution >= 0.6 is 27.5 Å². The summed E-state index contributed by atoms with van der Waals surface area (Å²) in [4.78, 5) is 11.0. The molecule has 0 aliphatic carbocycles. The molecule has 0 saturated carbocycles. The van der Waals surface area contributed by atoms with Crippen molar-refractivity contribution in [2.75, 3.05) is 7.11 Å². The van der Waals surface area contributed by atoms with Crippen LogP contribution in [0, 0.1) is 0 Å². The van der Waals surface area contributed by atoms with E-state index >= 15 is 0 Å². The first kappa shape index (κ1) is 11.5. The lowest BCUT2D eigenvalue weighted by molar-refractivity contribution is -0.139. The van der Waals surface area contributed by atoms with Gasteiger partial charge in [-0.3, -0.25) is 4.79 Å². The molecule has 1 aromatic carbocycles. The van der Waals surface area contributed by atoms with E-state index in [1.807, 2.05) is 12.1 Å². The molecule has 0 heterocycles. The van der Waals surface area contributed by atoms with Gasteiger partial charge in [-0.1, -0.05) is 39.7 Å². The summed E-state index contributed by atoms with van der Waals surface area (Å²) in [5.74, 6) is -0.257. The molecule has 0 fully saturated rings. The molecule has 0 radical (unpaired) electrons. The average Bonchev–Trinajstić information content (AvgIpc) is 2.18. The Labute approximate surface area is 96.3 Å². The van der Waals surface area contributed by atoms with E-state index in [-0.39, 0.29) is 12.4 Å². The summed E-state index contributed by atoms with van der Waals surface area (Å²) in [6, 6.07) is 5.56. The van der Waals surface area contributed by atoms with E-state index in [0.29, 0.717) is 10.4 Å². The van der Waals surface area contributed by atoms with E-state index in [4.69, 9.17) is 11.6 Å². The molecule has 0 unspecified atom stereocenters. The average molecular weight is 278 g/mol. The number of hydrogen-bond acceptors (Lipinski definition) is 2. The SMILES string of the molecule is COC(=O)Cc1ccc(CBr)c(Cl)c1. The standard InChI is InChI=1S/C10H10BrClO2/c1-14-10(13)5-7-2-3-8(6-11)9(12)4-7/h2-4H,5-6H2,1H3. The van der Waals surface area contributed by atoms with E-state index in [0.717, 1.165) is 11.1 Å². The second-order valence-corrected chi connectivity index (χ2v) is 3.78. The monoisotopic (exact) mass is 276 g/mol. The first-order chi connectivity index (χ1) is 6.67. The summed E-state index contributed by atoms with van der Waals surface area (Å²) >= 11 is 9.30. The molecule has 2 nitrogen and oxygen atoms in total. The Hall–Kier alpha value is -0.540. The fourth-order valence-corrected chi connectivity index (χ4v) is 1.97. The second kappa shape index (κ2) is 5.37. The van der Waals surface area contributed by atoms with E-state index in [1.165, 1.54) is 7.11 Å². The van der Waals surface area contributed by atoms with Crippen LogP contribution in [0.2, 0.25) is 5.02 Å². The molecule has 0 amide bonds. The number of ether oxygens (including phenoxy) is 1. The highest BCUT2D eigenvalue weighted by molar-refractivity contribution is 9.08. The van der Waals surface area contributed by atoms with Gasteiger partial charge in [-0.15, -0.1) is 0 Å². The van der Waals surface area contributed by atoms with Gasteiger partial charge >= 0.3 is 5.97 Å². The molecule has 0 bridgehead atoms. The van der Waals surface area contributed by atoms with Crippen molar-refractivity contribution in [3.63, 3.8) is 0 Å². The zero-order chi connectivity index (χ0) is 10.6. The molecule has 0 aromatic heterocycles. The Morgan fingerprint density at radius 3 is 2.79 bits per heavy atom. The highest BCUT2D eigenvalue weighted by Gasteiger charge is 2.05. The van der Waals surface area contributed by atoms with E-state index in [2.05, 4.69) is 20.7 Å². The van der Waals surface area contributed by atoms with Crippen molar-refractivity contribution >= 4 is 33.5 Å². The molecule has 4 heteroatoms. The normalized spacial score (nSPS) is 9.93. The third-order valence-electron chi connectivity index (χ3n) is 1.84. The minimum Gasteiger partial charge on any atom is -0.469 e. The molecular weight excluding hydrogens is 267 g/mol. The maximum atomic E-state index is 11.0. The molecule has 76 valence electrons. The van der Waals surface area contributed by atoms with Gasteiger partial charge in [0, 0.05) is 10.4 Å². The zero-order valence-corrected chi connectivity index (χ0v) is 10.1. The van der Waals surface area contributed by atoms with Gasteiger partial charge in [0.1, 0.15) is 0 Å². The van der Waals surface area contributed by atoms with E-state index in [1.54, 1.807) is 6.07 Å². The zero-order valence-electron chi connectivity index (χ0n) is 7.72. The first-order valence-corrected chi connectivity index (χ1v) is 5.57. The molecular formula is C10H10BrClO2. The molecule has 0 aliphatic heterocycles. The van der Waals surface area contributed by atoms with Crippen molar-refractivity contribution in [3.05, 3.63) is 34.3 Å². The van der Waals surface area contributed by atoms with Gasteiger partial charge in [-0.25, -0.2) is 0 Å². The number of esters is 1. The summed E-state index contributed by atoms with van der Waals surface area (Å²) in [7, 11) is 1.37. The summed E-state index contributed by atoms with van der Waals surface area (Å²) in [6.07, 6.45) is 0.263. The minimum atomic E-state index is -0.257. The number of benzene rings is 1. The van der Waals surface area contributed by atoms with Gasteiger partial charge < -0.3 is 4.74 Å². The molecule has 0 N–H and O–H groups in total. The summed E-state index contributed by atoms with van der Waals surface area (Å²) in [5, 5.41) is 1.38. The predicted molar refractivity (Wildman–Crippen MR) is 59.8 cm³/mol. The molecule has 0 spiro atoms. The Bertz CT molecular complexity index is 339. The fourth-order valence-electron chi connectivity index (χ4n) is 1.05. The van der Waals surface area contributed by atoms with Crippen LogP contribution in [0.25, 0.3) is 0 Å². The number of methoxy groups -OCH3 is 1. The quantitative estimate of drug-likeness (QED) is 0.627. The number of hydrogen-bond donors (Lipinski definition) is 0. The lowest BCUT2D eigenvalue weighted by atomic mass is 10.1. The Kier molecular flexibility index (Phi) is 4.42. The molecule has 0 saturated heterocycles. The topological polar surface area (TPSA) is 26.3 Å². The second-order valence-electron chi connectivity index (χ2n) is 2.81. The summed E-state index contributed by atoms with van der Waals surface area (Å²) < 4.78 is 4.56. The minimum absolute atomic E-state index is 0.257. The van der Waals surface area contributed by atoms with Crippen molar-refractivity contribution < 1.29 is 9.53 Å². The van der Waals surface area contributed by atoms with Gasteiger partial charge in [0.15, 0.2) is 0 Å². The number of carbonyl (C=O) groups is 1. The van der Waals surface area contributed by atoms with Gasteiger partial charge in [-0.2, -0.15) is 0 Å². The number of carbonyl (C=O) groups excluding carboxylic acids is 1. The Morgan fingerprint density at radius 2 is 2.29 bits per heavy atom. The van der Waals surface area contributed by atoms with Gasteiger partial charge in [0.05, 0.1) is 13.5 Å². The number of rotatable bonds is 3. The van der Waals surface area contributed by atoms with E-state index in [9.17, 15) is 4.79 Å². The Balaban J connectivity index is 2.81. The van der Waals surface area contributed by atoms with Crippen LogP contribution in [0.3, 0.4) is 0 Å². The van der Waals surface area contributed by atoms with Crippen LogP contribution in [0.4, 0.5) is 0 Å². The molecule has 1 rings (SSSR count). The highest BCUT2D eigenvalue weighted by Crippen LogP contribution is 2.20. The summed E-state index contributed by atoms with van der Waals surface area (Å²) in [6.45, 7) is 0. The highest BCUT2D eigenvalue weighted by atomic mass is 79.9. The predicted octanol–water partition coefficient (Wildman–Crippen LogP) is 2.95. The Morgan fingerprint density at radius 1 is 1.57 bits per heavy atom. The van der Waals surface area contributed by atoms with Gasteiger partial charge in [-0.05, 0) is 17.2 Å². The molecule has 1 aromatic rings. The summed E-state index contributed by atoms with van der Waals surface area (Å²) in [5.41, 5.74) is 1.88. The molecule has 0 aliphatic rings. The lowest BCUT2D eigenvalue weighted by Gasteiger charge is -2.03. The van der Waals surface area contributed by atoms with Crippen LogP contribution in [0.15, 0.2) is 18.2 Å². The van der Waals surface area contributed by atoms with Crippen LogP contribution in [0.5, 0.6) is 0 Å². The third kappa shape index (κ3) is 3.00. The smallest absolute Gasteiger partial charge is 0.309 e. The molecule has 14 heavy (non-hydrogen) atoms. The van der Waals surface area contributed by atoms with Crippen LogP contribution in [-0.2, 0) is 21.3 Å². The fraction of sp³-hybridized carbons (Fsp3) is 0.300. The van der Waals surface area contributed by atoms with Crippen LogP contribution in [0.1, 0.15) is 11.1 Å². The maximum Gasteiger partial charge on any atom is 0.309 e. The largest absolute Gasteiger partial charge is 0.469 e. The van der Waals surface area contributed by atoms with Crippen molar-refractivity contribution in [2.24, 2.45) is 0 Å². The number of halogens is 2. The number of alkyl halides is 1. The first-order valence-electron chi connectivity index (χ1n) is 4.07. The van der Waals surface area contributed by atoms with Gasteiger partial charge in [0.25, 0.3) is 0 Å². The van der Waals surface area contributed by atoms with Gasteiger partial charge in [0.2, 0.25) is 0 Å². The maximum absolute atomic E-state index is 11.0. The van der Waals surface area contributed by atoms with Crippen molar-refractivity contribution in [1.82, 2.24) is 0 Å². The van der Waals surface area contributed by atoms with Crippen LogP contribution < -0.4 is 0 Å². The lowest BCUT2D eigenvalue weighted by Crippen LogP contribution is -2.04. The van der Waals surface area contributed by atoms with Crippen molar-refractivity contribution in [1.29, 1.82) is 0 Å². The van der Waals surface area contributed by atoms with Crippen LogP contribution in [-0.4, -0.2) is 13.1 Å². The third-order valence-corrected chi connectivity index (χ3v) is 2.79. The van der Waals surface area contributed by atoms with Crippen molar-refractivity contribution in [2.45, 2.75) is 11.8 Å². The van der Waals surface area contributed by atoms with E-state index < -0.39 is 0 Å². The molecule has 0 atom stereocenters. The van der Waals surface area contributed by atoms with Crippen molar-refractivity contribution in [3.8, 4) is 0 Å².